The highest BCUT2D eigenvalue weighted by molar-refractivity contribution is 7.86. The third-order valence-electron chi connectivity index (χ3n) is 4.40. The molecule has 1 aliphatic rings. The third-order valence-corrected chi connectivity index (χ3v) is 5.72. The first-order chi connectivity index (χ1) is 13.1. The summed E-state index contributed by atoms with van der Waals surface area (Å²) in [6.45, 7) is 9.44. The summed E-state index contributed by atoms with van der Waals surface area (Å²) in [6, 6.07) is 6.53. The lowest BCUT2D eigenvalue weighted by Gasteiger charge is -2.33. The van der Waals surface area contributed by atoms with E-state index in [1.807, 2.05) is 27.7 Å². The predicted molar refractivity (Wildman–Crippen MR) is 106 cm³/mol. The Labute approximate surface area is 168 Å². The van der Waals surface area contributed by atoms with E-state index in [4.69, 9.17) is 13.7 Å². The molecule has 0 N–H and O–H groups in total. The van der Waals surface area contributed by atoms with E-state index in [2.05, 4.69) is 0 Å². The molecule has 1 aromatic rings. The van der Waals surface area contributed by atoms with E-state index in [1.54, 1.807) is 17.0 Å². The lowest BCUT2D eigenvalue weighted by atomic mass is 9.98. The van der Waals surface area contributed by atoms with Crippen LogP contribution in [0.2, 0.25) is 0 Å². The molecule has 1 heterocycles. The number of rotatable bonds is 7. The van der Waals surface area contributed by atoms with Gasteiger partial charge in [-0.1, -0.05) is 17.7 Å². The molecule has 28 heavy (non-hydrogen) atoms. The summed E-state index contributed by atoms with van der Waals surface area (Å²) in [4.78, 5) is 13.9. The maximum Gasteiger partial charge on any atom is 0.410 e. The van der Waals surface area contributed by atoms with Crippen molar-refractivity contribution in [1.29, 1.82) is 0 Å². The van der Waals surface area contributed by atoms with E-state index >= 15 is 0 Å². The molecule has 2 rings (SSSR count). The number of piperidine rings is 1. The van der Waals surface area contributed by atoms with Crippen LogP contribution in [0, 0.1) is 12.8 Å². The molecule has 0 aromatic heterocycles. The van der Waals surface area contributed by atoms with Crippen molar-refractivity contribution >= 4 is 16.2 Å². The second-order valence-corrected chi connectivity index (χ2v) is 9.69. The molecule has 158 valence electrons. The molecular formula is C20H31NO6S. The molecular weight excluding hydrogens is 382 g/mol. The number of likely N-dealkylation sites (tertiary alicyclic amines) is 1. The second kappa shape index (κ2) is 9.71. The Balaban J connectivity index is 1.63. The molecule has 1 amide bonds. The number of amides is 1. The van der Waals surface area contributed by atoms with Gasteiger partial charge in [0.05, 0.1) is 18.1 Å². The summed E-state index contributed by atoms with van der Waals surface area (Å²) in [5.74, 6) is 0.340. The minimum atomic E-state index is -3.75. The van der Waals surface area contributed by atoms with Gasteiger partial charge in [-0.15, -0.1) is 0 Å². The van der Waals surface area contributed by atoms with E-state index in [1.165, 1.54) is 12.1 Å². The fourth-order valence-corrected chi connectivity index (χ4v) is 3.73. The van der Waals surface area contributed by atoms with Crippen LogP contribution in [0.1, 0.15) is 39.2 Å². The van der Waals surface area contributed by atoms with Crippen LogP contribution in [-0.2, 0) is 23.8 Å². The lowest BCUT2D eigenvalue weighted by Crippen LogP contribution is -2.42. The summed E-state index contributed by atoms with van der Waals surface area (Å²) >= 11 is 0. The Morgan fingerprint density at radius 1 is 1.11 bits per heavy atom. The van der Waals surface area contributed by atoms with Gasteiger partial charge in [0.2, 0.25) is 0 Å². The minimum Gasteiger partial charge on any atom is -0.444 e. The average molecular weight is 414 g/mol. The van der Waals surface area contributed by atoms with Gasteiger partial charge in [-0.3, -0.25) is 4.18 Å². The van der Waals surface area contributed by atoms with E-state index in [9.17, 15) is 13.2 Å². The van der Waals surface area contributed by atoms with Crippen molar-refractivity contribution in [2.75, 3.05) is 32.9 Å². The molecule has 0 saturated carbocycles. The first-order valence-corrected chi connectivity index (χ1v) is 11.0. The molecule has 7 nitrogen and oxygen atoms in total. The molecule has 0 spiro atoms. The Bertz CT molecular complexity index is 731. The zero-order valence-electron chi connectivity index (χ0n) is 17.1. The number of ether oxygens (including phenoxy) is 2. The van der Waals surface area contributed by atoms with Crippen LogP contribution in [0.4, 0.5) is 4.79 Å². The van der Waals surface area contributed by atoms with Gasteiger partial charge < -0.3 is 14.4 Å². The van der Waals surface area contributed by atoms with Crippen LogP contribution < -0.4 is 0 Å². The Morgan fingerprint density at radius 2 is 1.71 bits per heavy atom. The zero-order chi connectivity index (χ0) is 20.8. The highest BCUT2D eigenvalue weighted by atomic mass is 32.2. The molecule has 0 atom stereocenters. The Kier molecular flexibility index (Phi) is 7.86. The molecule has 0 aliphatic carbocycles. The van der Waals surface area contributed by atoms with Gasteiger partial charge in [0, 0.05) is 19.7 Å². The summed E-state index contributed by atoms with van der Waals surface area (Å²) < 4.78 is 40.1. The topological polar surface area (TPSA) is 82.1 Å². The van der Waals surface area contributed by atoms with Gasteiger partial charge in [-0.2, -0.15) is 8.42 Å². The van der Waals surface area contributed by atoms with Crippen LogP contribution in [-0.4, -0.2) is 57.9 Å². The number of carbonyl (C=O) groups excluding carboxylic acids is 1. The maximum atomic E-state index is 12.1. The number of nitrogens with zero attached hydrogens (tertiary/aromatic N) is 1. The first-order valence-electron chi connectivity index (χ1n) is 9.58. The van der Waals surface area contributed by atoms with Gasteiger partial charge >= 0.3 is 6.09 Å². The van der Waals surface area contributed by atoms with Gasteiger partial charge in [0.15, 0.2) is 0 Å². The first kappa shape index (κ1) is 22.6. The summed E-state index contributed by atoms with van der Waals surface area (Å²) in [5.41, 5.74) is 0.496. The number of hydrogen-bond donors (Lipinski definition) is 0. The predicted octanol–water partition coefficient (Wildman–Crippen LogP) is 3.36. The zero-order valence-corrected chi connectivity index (χ0v) is 18.0. The molecule has 1 aliphatic heterocycles. The summed E-state index contributed by atoms with van der Waals surface area (Å²) in [5, 5.41) is 0. The number of benzene rings is 1. The molecule has 8 heteroatoms. The molecule has 0 unspecified atom stereocenters. The van der Waals surface area contributed by atoms with Gasteiger partial charge in [-0.25, -0.2) is 4.79 Å². The largest absolute Gasteiger partial charge is 0.444 e. The van der Waals surface area contributed by atoms with Crippen LogP contribution >= 0.6 is 0 Å². The second-order valence-electron chi connectivity index (χ2n) is 8.07. The van der Waals surface area contributed by atoms with Crippen molar-refractivity contribution < 1.29 is 26.9 Å². The van der Waals surface area contributed by atoms with Crippen molar-refractivity contribution in [1.82, 2.24) is 4.90 Å². The van der Waals surface area contributed by atoms with Gasteiger partial charge in [-0.05, 0) is 58.6 Å². The van der Waals surface area contributed by atoms with Gasteiger partial charge in [0.1, 0.15) is 5.60 Å². The Hall–Kier alpha value is -1.64. The van der Waals surface area contributed by atoms with E-state index in [0.717, 1.165) is 18.4 Å². The van der Waals surface area contributed by atoms with Crippen LogP contribution in [0.5, 0.6) is 0 Å². The fraction of sp³-hybridized carbons (Fsp3) is 0.650. The summed E-state index contributed by atoms with van der Waals surface area (Å²) in [6.07, 6.45) is 1.39. The van der Waals surface area contributed by atoms with Crippen molar-refractivity contribution in [3.8, 4) is 0 Å². The van der Waals surface area contributed by atoms with Crippen molar-refractivity contribution in [3.63, 3.8) is 0 Å². The van der Waals surface area contributed by atoms with Gasteiger partial charge in [0.25, 0.3) is 10.1 Å². The standard InChI is InChI=1S/C20H31NO6S/c1-16-5-7-18(8-6-16)28(23,24)26-14-13-25-15-17-9-11-21(12-10-17)19(22)27-20(2,3)4/h5-8,17H,9-15H2,1-4H3. The van der Waals surface area contributed by atoms with Crippen molar-refractivity contribution in [2.24, 2.45) is 5.92 Å². The van der Waals surface area contributed by atoms with Crippen molar-refractivity contribution in [2.45, 2.75) is 51.0 Å². The number of aryl methyl sites for hydroxylation is 1. The van der Waals surface area contributed by atoms with Crippen LogP contribution in [0.3, 0.4) is 0 Å². The third kappa shape index (κ3) is 7.41. The molecule has 0 radical (unpaired) electrons. The average Bonchev–Trinajstić information content (AvgIpc) is 2.61. The smallest absolute Gasteiger partial charge is 0.410 e. The quantitative estimate of drug-likeness (QED) is 0.504. The minimum absolute atomic E-state index is 0.0209. The number of hydrogen-bond acceptors (Lipinski definition) is 6. The van der Waals surface area contributed by atoms with E-state index in [-0.39, 0.29) is 24.2 Å². The molecule has 0 bridgehead atoms. The molecule has 1 saturated heterocycles. The highest BCUT2D eigenvalue weighted by Gasteiger charge is 2.26. The monoisotopic (exact) mass is 413 g/mol. The van der Waals surface area contributed by atoms with Crippen molar-refractivity contribution in [3.05, 3.63) is 29.8 Å². The van der Waals surface area contributed by atoms with Crippen LogP contribution in [0.15, 0.2) is 29.2 Å². The summed E-state index contributed by atoms with van der Waals surface area (Å²) in [7, 11) is -3.75. The van der Waals surface area contributed by atoms with Crippen LogP contribution in [0.25, 0.3) is 0 Å². The molecule has 1 aromatic carbocycles. The van der Waals surface area contributed by atoms with E-state index in [0.29, 0.717) is 25.6 Å². The number of carbonyl (C=O) groups is 1. The van der Waals surface area contributed by atoms with E-state index < -0.39 is 15.7 Å². The fourth-order valence-electron chi connectivity index (χ4n) is 2.83. The highest BCUT2D eigenvalue weighted by Crippen LogP contribution is 2.20. The normalized spacial score (nSPS) is 16.2. The Morgan fingerprint density at radius 3 is 2.29 bits per heavy atom. The SMILES string of the molecule is Cc1ccc(S(=O)(=O)OCCOCC2CCN(C(=O)OC(C)(C)C)CC2)cc1. The lowest BCUT2D eigenvalue weighted by molar-refractivity contribution is 0.0102. The molecule has 1 fully saturated rings. The maximum absolute atomic E-state index is 12.1.